The number of methoxy groups -OCH3 is 1. The van der Waals surface area contributed by atoms with Crippen LogP contribution in [0, 0.1) is 13.8 Å². The van der Waals surface area contributed by atoms with E-state index in [2.05, 4.69) is 15.2 Å². The molecule has 3 aromatic rings. The van der Waals surface area contributed by atoms with Crippen LogP contribution < -0.4 is 4.74 Å². The Labute approximate surface area is 157 Å². The minimum atomic E-state index is -0.269. The van der Waals surface area contributed by atoms with Crippen LogP contribution in [-0.2, 0) is 0 Å². The molecule has 0 aliphatic carbocycles. The highest BCUT2D eigenvalue weighted by Crippen LogP contribution is 2.26. The largest absolute Gasteiger partial charge is 0.497 e. The Morgan fingerprint density at radius 1 is 1.15 bits per heavy atom. The number of ether oxygens (including phenoxy) is 1. The SMILES string of the molecule is COc1ccc(-c2nc(S[C@H](C)C(=O)c3cc(C)ccc3C)n[nH]2)cc1. The van der Waals surface area contributed by atoms with E-state index < -0.39 is 0 Å². The van der Waals surface area contributed by atoms with Gasteiger partial charge in [-0.1, -0.05) is 29.5 Å². The number of aromatic nitrogens is 3. The number of carbonyl (C=O) groups is 1. The second kappa shape index (κ2) is 7.74. The number of benzene rings is 2. The van der Waals surface area contributed by atoms with Gasteiger partial charge < -0.3 is 4.74 Å². The number of hydrogen-bond acceptors (Lipinski definition) is 5. The molecule has 26 heavy (non-hydrogen) atoms. The van der Waals surface area contributed by atoms with Gasteiger partial charge in [0.15, 0.2) is 11.6 Å². The molecule has 6 heteroatoms. The zero-order valence-electron chi connectivity index (χ0n) is 15.2. The fraction of sp³-hybridized carbons (Fsp3) is 0.250. The normalized spacial score (nSPS) is 12.0. The number of hydrogen-bond donors (Lipinski definition) is 1. The Kier molecular flexibility index (Phi) is 5.42. The van der Waals surface area contributed by atoms with Gasteiger partial charge in [-0.15, -0.1) is 5.10 Å². The van der Waals surface area contributed by atoms with E-state index in [0.717, 1.165) is 28.0 Å². The van der Waals surface area contributed by atoms with Gasteiger partial charge in [-0.2, -0.15) is 0 Å². The molecule has 1 atom stereocenters. The molecule has 0 fully saturated rings. The number of Topliss-reactive ketones (excluding diaryl/α,β-unsaturated/α-hetero) is 1. The van der Waals surface area contributed by atoms with E-state index in [1.807, 2.05) is 63.2 Å². The maximum Gasteiger partial charge on any atom is 0.209 e. The van der Waals surface area contributed by atoms with Crippen molar-refractivity contribution in [3.8, 4) is 17.1 Å². The molecule has 1 heterocycles. The first-order valence-electron chi connectivity index (χ1n) is 8.33. The minimum Gasteiger partial charge on any atom is -0.497 e. The molecular weight excluding hydrogens is 346 g/mol. The summed E-state index contributed by atoms with van der Waals surface area (Å²) < 4.78 is 5.16. The molecule has 2 aromatic carbocycles. The Bertz CT molecular complexity index is 919. The molecule has 0 aliphatic rings. The maximum atomic E-state index is 12.8. The highest BCUT2D eigenvalue weighted by Gasteiger charge is 2.20. The van der Waals surface area contributed by atoms with Gasteiger partial charge in [-0.25, -0.2) is 4.98 Å². The van der Waals surface area contributed by atoms with Crippen LogP contribution in [0.4, 0.5) is 0 Å². The number of H-pyrrole nitrogens is 1. The molecule has 3 rings (SSSR count). The Hall–Kier alpha value is -2.60. The van der Waals surface area contributed by atoms with Gasteiger partial charge in [0.2, 0.25) is 5.16 Å². The fourth-order valence-electron chi connectivity index (χ4n) is 2.61. The lowest BCUT2D eigenvalue weighted by Crippen LogP contribution is -2.15. The molecule has 0 aliphatic heterocycles. The molecule has 0 amide bonds. The zero-order valence-corrected chi connectivity index (χ0v) is 16.1. The first kappa shape index (κ1) is 18.2. The zero-order chi connectivity index (χ0) is 18.7. The van der Waals surface area contributed by atoms with Crippen LogP contribution in [0.15, 0.2) is 47.6 Å². The third-order valence-corrected chi connectivity index (χ3v) is 5.10. The number of nitrogens with one attached hydrogen (secondary N) is 1. The maximum absolute atomic E-state index is 12.8. The molecule has 0 spiro atoms. The fourth-order valence-corrected chi connectivity index (χ4v) is 3.40. The number of ketones is 1. The third-order valence-electron chi connectivity index (χ3n) is 4.14. The van der Waals surface area contributed by atoms with E-state index in [1.54, 1.807) is 7.11 Å². The van der Waals surface area contributed by atoms with Crippen LogP contribution in [0.25, 0.3) is 11.4 Å². The number of aryl methyl sites for hydroxylation is 2. The van der Waals surface area contributed by atoms with Crippen molar-refractivity contribution in [1.29, 1.82) is 0 Å². The Morgan fingerprint density at radius 3 is 2.58 bits per heavy atom. The first-order valence-corrected chi connectivity index (χ1v) is 9.21. The van der Waals surface area contributed by atoms with Crippen LogP contribution in [0.2, 0.25) is 0 Å². The van der Waals surface area contributed by atoms with Crippen molar-refractivity contribution < 1.29 is 9.53 Å². The van der Waals surface area contributed by atoms with Crippen LogP contribution in [0.5, 0.6) is 5.75 Å². The number of thioether (sulfide) groups is 1. The van der Waals surface area contributed by atoms with Crippen LogP contribution in [0.3, 0.4) is 0 Å². The van der Waals surface area contributed by atoms with Gasteiger partial charge in [0, 0.05) is 11.1 Å². The highest BCUT2D eigenvalue weighted by atomic mass is 32.2. The standard InChI is InChI=1S/C20H21N3O2S/c1-12-5-6-13(2)17(11-12)18(24)14(3)26-20-21-19(22-23-20)15-7-9-16(25-4)10-8-15/h5-11,14H,1-4H3,(H,21,22,23)/t14-/m1/s1. The molecule has 0 saturated heterocycles. The summed E-state index contributed by atoms with van der Waals surface area (Å²) in [5.41, 5.74) is 3.74. The van der Waals surface area contributed by atoms with E-state index in [1.165, 1.54) is 11.8 Å². The van der Waals surface area contributed by atoms with E-state index >= 15 is 0 Å². The van der Waals surface area contributed by atoms with E-state index in [-0.39, 0.29) is 11.0 Å². The van der Waals surface area contributed by atoms with Crippen molar-refractivity contribution in [2.24, 2.45) is 0 Å². The van der Waals surface area contributed by atoms with E-state index in [9.17, 15) is 4.79 Å². The summed E-state index contributed by atoms with van der Waals surface area (Å²) in [6.07, 6.45) is 0. The molecule has 0 saturated carbocycles. The minimum absolute atomic E-state index is 0.0898. The third kappa shape index (κ3) is 3.96. The smallest absolute Gasteiger partial charge is 0.209 e. The number of rotatable bonds is 6. The quantitative estimate of drug-likeness (QED) is 0.514. The summed E-state index contributed by atoms with van der Waals surface area (Å²) in [6, 6.07) is 13.5. The summed E-state index contributed by atoms with van der Waals surface area (Å²) in [4.78, 5) is 17.3. The number of nitrogens with zero attached hydrogens (tertiary/aromatic N) is 2. The molecule has 1 N–H and O–H groups in total. The van der Waals surface area contributed by atoms with Crippen molar-refractivity contribution in [3.63, 3.8) is 0 Å². The summed E-state index contributed by atoms with van der Waals surface area (Å²) >= 11 is 1.36. The van der Waals surface area contributed by atoms with Crippen molar-refractivity contribution in [2.45, 2.75) is 31.2 Å². The molecule has 134 valence electrons. The second-order valence-corrected chi connectivity index (χ2v) is 7.45. The summed E-state index contributed by atoms with van der Waals surface area (Å²) in [5, 5.41) is 7.45. The van der Waals surface area contributed by atoms with Gasteiger partial charge in [0.1, 0.15) is 5.75 Å². The van der Waals surface area contributed by atoms with Crippen molar-refractivity contribution in [1.82, 2.24) is 15.2 Å². The second-order valence-electron chi connectivity index (χ2n) is 6.14. The van der Waals surface area contributed by atoms with Gasteiger partial charge >= 0.3 is 0 Å². The summed E-state index contributed by atoms with van der Waals surface area (Å²) in [6.45, 7) is 5.83. The van der Waals surface area contributed by atoms with E-state index in [0.29, 0.717) is 11.0 Å². The van der Waals surface area contributed by atoms with Gasteiger partial charge in [0.05, 0.1) is 12.4 Å². The van der Waals surface area contributed by atoms with E-state index in [4.69, 9.17) is 4.74 Å². The number of carbonyl (C=O) groups excluding carboxylic acids is 1. The summed E-state index contributed by atoms with van der Waals surface area (Å²) in [7, 11) is 1.63. The van der Waals surface area contributed by atoms with Gasteiger partial charge in [-0.3, -0.25) is 9.89 Å². The average molecular weight is 367 g/mol. The Balaban J connectivity index is 1.73. The van der Waals surface area contributed by atoms with Crippen LogP contribution in [-0.4, -0.2) is 33.3 Å². The lowest BCUT2D eigenvalue weighted by molar-refractivity contribution is 0.0993. The monoisotopic (exact) mass is 367 g/mol. The van der Waals surface area contributed by atoms with Crippen molar-refractivity contribution in [2.75, 3.05) is 7.11 Å². The predicted octanol–water partition coefficient (Wildman–Crippen LogP) is 4.46. The summed E-state index contributed by atoms with van der Waals surface area (Å²) in [5.74, 6) is 1.55. The predicted molar refractivity (Wildman–Crippen MR) is 104 cm³/mol. The molecule has 0 bridgehead atoms. The molecule has 0 unspecified atom stereocenters. The topological polar surface area (TPSA) is 67.9 Å². The molecule has 1 aromatic heterocycles. The molecule has 5 nitrogen and oxygen atoms in total. The van der Waals surface area contributed by atoms with Crippen LogP contribution in [0.1, 0.15) is 28.4 Å². The lowest BCUT2D eigenvalue weighted by Gasteiger charge is -2.11. The number of aromatic amines is 1. The van der Waals surface area contributed by atoms with Gasteiger partial charge in [-0.05, 0) is 56.7 Å². The first-order chi connectivity index (χ1) is 12.5. The van der Waals surface area contributed by atoms with Crippen LogP contribution >= 0.6 is 11.8 Å². The molecule has 0 radical (unpaired) electrons. The molecular formula is C20H21N3O2S. The lowest BCUT2D eigenvalue weighted by atomic mass is 10.0. The average Bonchev–Trinajstić information content (AvgIpc) is 3.11. The highest BCUT2D eigenvalue weighted by molar-refractivity contribution is 8.00. The van der Waals surface area contributed by atoms with Gasteiger partial charge in [0.25, 0.3) is 0 Å². The van der Waals surface area contributed by atoms with Crippen molar-refractivity contribution in [3.05, 3.63) is 59.2 Å². The van der Waals surface area contributed by atoms with Crippen molar-refractivity contribution >= 4 is 17.5 Å². The Morgan fingerprint density at radius 2 is 1.88 bits per heavy atom.